The van der Waals surface area contributed by atoms with Crippen molar-refractivity contribution in [2.24, 2.45) is 0 Å². The summed E-state index contributed by atoms with van der Waals surface area (Å²) in [7, 11) is 0. The lowest BCUT2D eigenvalue weighted by atomic mass is 9.95. The summed E-state index contributed by atoms with van der Waals surface area (Å²) in [6, 6.07) is 16.2. The topological polar surface area (TPSA) is 102 Å². The molecule has 4 aromatic rings. The van der Waals surface area contributed by atoms with E-state index in [0.29, 0.717) is 44.5 Å². The average molecular weight is 338 g/mol. The molecule has 1 aliphatic carbocycles. The first kappa shape index (κ1) is 14.4. The van der Waals surface area contributed by atoms with Crippen LogP contribution in [0.4, 0.5) is 0 Å². The van der Waals surface area contributed by atoms with Gasteiger partial charge in [0.15, 0.2) is 11.4 Å². The van der Waals surface area contributed by atoms with Crippen molar-refractivity contribution < 1.29 is 4.79 Å². The van der Waals surface area contributed by atoms with Gasteiger partial charge >= 0.3 is 0 Å². The third-order valence-electron chi connectivity index (χ3n) is 4.68. The number of H-pyrrole nitrogens is 2. The summed E-state index contributed by atoms with van der Waals surface area (Å²) in [5.41, 5.74) is 4.13. The van der Waals surface area contributed by atoms with E-state index < -0.39 is 0 Å². The fourth-order valence-corrected chi connectivity index (χ4v) is 3.51. The summed E-state index contributed by atoms with van der Waals surface area (Å²) in [5.74, 6) is -0.148. The SMILES string of the molecule is N#Cc1ccc(-c2c3c(nc4[nH][nH]c(=O)c24)-c2ccccc2C3=O)cc1. The van der Waals surface area contributed by atoms with Crippen molar-refractivity contribution in [3.63, 3.8) is 0 Å². The monoisotopic (exact) mass is 338 g/mol. The van der Waals surface area contributed by atoms with Gasteiger partial charge in [-0.05, 0) is 17.7 Å². The standard InChI is InChI=1S/C20H10N4O2/c21-9-10-5-7-11(8-6-10)14-15-17(22-19-16(14)20(26)24-23-19)12-3-1-2-4-13(12)18(15)25/h1-8H,(H2,22,23,24,26). The first-order valence-electron chi connectivity index (χ1n) is 7.98. The fourth-order valence-electron chi connectivity index (χ4n) is 3.51. The van der Waals surface area contributed by atoms with Gasteiger partial charge in [-0.1, -0.05) is 36.4 Å². The number of carbonyl (C=O) groups is 1. The van der Waals surface area contributed by atoms with Crippen LogP contribution < -0.4 is 5.56 Å². The van der Waals surface area contributed by atoms with Crippen molar-refractivity contribution in [2.75, 3.05) is 0 Å². The third kappa shape index (κ3) is 1.77. The highest BCUT2D eigenvalue weighted by atomic mass is 16.1. The quantitative estimate of drug-likeness (QED) is 0.490. The Hall–Kier alpha value is -3.98. The first-order chi connectivity index (χ1) is 12.7. The number of carbonyl (C=O) groups excluding carboxylic acids is 1. The first-order valence-corrected chi connectivity index (χ1v) is 7.98. The van der Waals surface area contributed by atoms with Crippen LogP contribution in [0.3, 0.4) is 0 Å². The van der Waals surface area contributed by atoms with Crippen LogP contribution in [0.25, 0.3) is 33.4 Å². The van der Waals surface area contributed by atoms with Gasteiger partial charge in [0.25, 0.3) is 5.56 Å². The smallest absolute Gasteiger partial charge is 0.274 e. The summed E-state index contributed by atoms with van der Waals surface area (Å²) >= 11 is 0. The molecule has 0 fully saturated rings. The molecule has 0 amide bonds. The van der Waals surface area contributed by atoms with Gasteiger partial charge in [0.05, 0.1) is 28.3 Å². The Morgan fingerprint density at radius 1 is 0.885 bits per heavy atom. The zero-order valence-electron chi connectivity index (χ0n) is 13.3. The van der Waals surface area contributed by atoms with Gasteiger partial charge in [-0.3, -0.25) is 19.8 Å². The third-order valence-corrected chi connectivity index (χ3v) is 4.68. The van der Waals surface area contributed by atoms with E-state index in [2.05, 4.69) is 21.3 Å². The highest BCUT2D eigenvalue weighted by molar-refractivity contribution is 6.26. The molecular weight excluding hydrogens is 328 g/mol. The molecule has 0 spiro atoms. The minimum atomic E-state index is -0.335. The maximum absolute atomic E-state index is 13.1. The van der Waals surface area contributed by atoms with E-state index in [9.17, 15) is 9.59 Å². The van der Waals surface area contributed by atoms with Crippen molar-refractivity contribution in [1.82, 2.24) is 15.2 Å². The molecule has 0 aliphatic heterocycles. The molecule has 26 heavy (non-hydrogen) atoms. The molecular formula is C20H10N4O2. The molecule has 2 aromatic heterocycles. The van der Waals surface area contributed by atoms with Crippen LogP contribution in [0.5, 0.6) is 0 Å². The van der Waals surface area contributed by atoms with Crippen LogP contribution in [0.1, 0.15) is 21.5 Å². The molecule has 0 saturated heterocycles. The predicted molar refractivity (Wildman–Crippen MR) is 95.7 cm³/mol. The second-order valence-electron chi connectivity index (χ2n) is 6.08. The van der Waals surface area contributed by atoms with E-state index in [1.165, 1.54) is 0 Å². The normalized spacial score (nSPS) is 12.0. The summed E-state index contributed by atoms with van der Waals surface area (Å²) in [4.78, 5) is 30.0. The van der Waals surface area contributed by atoms with E-state index in [4.69, 9.17) is 5.26 Å². The molecule has 2 N–H and O–H groups in total. The van der Waals surface area contributed by atoms with E-state index in [-0.39, 0.29) is 11.3 Å². The molecule has 122 valence electrons. The van der Waals surface area contributed by atoms with Crippen molar-refractivity contribution in [3.8, 4) is 28.5 Å². The molecule has 2 heterocycles. The predicted octanol–water partition coefficient (Wildman–Crippen LogP) is 3.00. The van der Waals surface area contributed by atoms with Gasteiger partial charge in [-0.15, -0.1) is 0 Å². The number of nitrogens with zero attached hydrogens (tertiary/aromatic N) is 2. The molecule has 0 saturated carbocycles. The van der Waals surface area contributed by atoms with Crippen molar-refractivity contribution in [1.29, 1.82) is 5.26 Å². The molecule has 0 radical (unpaired) electrons. The lowest BCUT2D eigenvalue weighted by Crippen LogP contribution is -2.05. The maximum atomic E-state index is 13.1. The van der Waals surface area contributed by atoms with Crippen LogP contribution in [0.15, 0.2) is 53.3 Å². The highest BCUT2D eigenvalue weighted by Gasteiger charge is 2.33. The number of hydrogen-bond acceptors (Lipinski definition) is 4. The summed E-state index contributed by atoms with van der Waals surface area (Å²) in [6.45, 7) is 0. The van der Waals surface area contributed by atoms with Gasteiger partial charge in [0.2, 0.25) is 0 Å². The van der Waals surface area contributed by atoms with Crippen LogP contribution in [0, 0.1) is 11.3 Å². The summed E-state index contributed by atoms with van der Waals surface area (Å²) in [5, 5.41) is 14.7. The fraction of sp³-hybridized carbons (Fsp3) is 0. The number of pyridine rings is 1. The van der Waals surface area contributed by atoms with Crippen LogP contribution in [-0.2, 0) is 0 Å². The lowest BCUT2D eigenvalue weighted by molar-refractivity contribution is 0.104. The number of hydrogen-bond donors (Lipinski definition) is 2. The Labute approximate surface area is 146 Å². The van der Waals surface area contributed by atoms with Gasteiger partial charge < -0.3 is 0 Å². The maximum Gasteiger partial charge on any atom is 0.274 e. The van der Waals surface area contributed by atoms with Gasteiger partial charge in [-0.2, -0.15) is 5.26 Å². The Bertz CT molecular complexity index is 1320. The highest BCUT2D eigenvalue weighted by Crippen LogP contribution is 2.42. The molecule has 6 nitrogen and oxygen atoms in total. The number of ketones is 1. The minimum Gasteiger partial charge on any atom is -0.288 e. The van der Waals surface area contributed by atoms with Gasteiger partial charge in [-0.25, -0.2) is 4.98 Å². The second kappa shape index (κ2) is 5.01. The Kier molecular flexibility index (Phi) is 2.77. The van der Waals surface area contributed by atoms with Crippen molar-refractivity contribution in [2.45, 2.75) is 0 Å². The number of fused-ring (bicyclic) bond motifs is 4. The molecule has 0 unspecified atom stereocenters. The lowest BCUT2D eigenvalue weighted by Gasteiger charge is -2.09. The van der Waals surface area contributed by atoms with Gasteiger partial charge in [0.1, 0.15) is 0 Å². The number of aromatic amines is 2. The number of benzene rings is 2. The number of rotatable bonds is 1. The van der Waals surface area contributed by atoms with E-state index >= 15 is 0 Å². The summed E-state index contributed by atoms with van der Waals surface area (Å²) < 4.78 is 0. The second-order valence-corrected chi connectivity index (χ2v) is 6.08. The van der Waals surface area contributed by atoms with Crippen LogP contribution >= 0.6 is 0 Å². The molecule has 1 aliphatic rings. The van der Waals surface area contributed by atoms with Gasteiger partial charge in [0, 0.05) is 16.7 Å². The summed E-state index contributed by atoms with van der Waals surface area (Å²) in [6.07, 6.45) is 0. The number of aromatic nitrogens is 3. The minimum absolute atomic E-state index is 0.148. The molecule has 6 heteroatoms. The number of nitrogens with one attached hydrogen (secondary N) is 2. The van der Waals surface area contributed by atoms with E-state index in [1.807, 2.05) is 18.2 Å². The molecule has 0 bridgehead atoms. The zero-order valence-corrected chi connectivity index (χ0v) is 13.3. The Morgan fingerprint density at radius 2 is 1.62 bits per heavy atom. The van der Waals surface area contributed by atoms with E-state index in [1.54, 1.807) is 30.3 Å². The van der Waals surface area contributed by atoms with Crippen LogP contribution in [-0.4, -0.2) is 21.0 Å². The van der Waals surface area contributed by atoms with Crippen molar-refractivity contribution >= 4 is 16.8 Å². The zero-order chi connectivity index (χ0) is 17.8. The Morgan fingerprint density at radius 3 is 2.35 bits per heavy atom. The largest absolute Gasteiger partial charge is 0.288 e. The molecule has 0 atom stereocenters. The van der Waals surface area contributed by atoms with Crippen molar-refractivity contribution in [3.05, 3.63) is 75.6 Å². The van der Waals surface area contributed by atoms with Crippen LogP contribution in [0.2, 0.25) is 0 Å². The average Bonchev–Trinajstić information content (AvgIpc) is 3.19. The van der Waals surface area contributed by atoms with E-state index in [0.717, 1.165) is 5.56 Å². The Balaban J connectivity index is 1.94. The molecule has 2 aromatic carbocycles. The number of nitriles is 1. The molecule has 5 rings (SSSR count).